The van der Waals surface area contributed by atoms with Gasteiger partial charge in [0.2, 0.25) is 0 Å². The fraction of sp³-hybridized carbons (Fsp3) is 0.783. The number of hydrogen-bond acceptors (Lipinski definition) is 5. The van der Waals surface area contributed by atoms with Gasteiger partial charge < -0.3 is 14.4 Å². The zero-order valence-electron chi connectivity index (χ0n) is 18.2. The molecule has 1 aromatic heterocycles. The molecule has 6 heteroatoms. The molecule has 1 N–H and O–H groups in total. The molecule has 2 aliphatic rings. The lowest BCUT2D eigenvalue weighted by Crippen LogP contribution is -2.26. The topological polar surface area (TPSA) is 89.6 Å². The fourth-order valence-electron chi connectivity index (χ4n) is 4.65. The summed E-state index contributed by atoms with van der Waals surface area (Å²) in [7, 11) is 0. The number of carbonyl (C=O) groups excluding carboxylic acids is 1. The fourth-order valence-corrected chi connectivity index (χ4v) is 4.65. The first kappa shape index (κ1) is 21.8. The predicted octanol–water partition coefficient (Wildman–Crippen LogP) is 5.07. The zero-order chi connectivity index (χ0) is 21.2. The molecule has 0 amide bonds. The van der Waals surface area contributed by atoms with Gasteiger partial charge in [-0.25, -0.2) is 0 Å². The SMILES string of the molecule is CCOC(=O)CC[C@@H](Cc1noc([C@H]2C[C@@H](CC(C)(C)C)C2)c1C1CC1)C(=O)O. The summed E-state index contributed by atoms with van der Waals surface area (Å²) in [6, 6.07) is 0. The van der Waals surface area contributed by atoms with Crippen molar-refractivity contribution >= 4 is 11.9 Å². The molecular formula is C23H35NO5. The minimum absolute atomic E-state index is 0.116. The molecule has 0 bridgehead atoms. The average Bonchev–Trinajstić information content (AvgIpc) is 3.34. The Balaban J connectivity index is 1.65. The molecule has 6 nitrogen and oxygen atoms in total. The summed E-state index contributed by atoms with van der Waals surface area (Å²) in [6.07, 6.45) is 6.44. The van der Waals surface area contributed by atoms with E-state index in [9.17, 15) is 14.7 Å². The van der Waals surface area contributed by atoms with Gasteiger partial charge in [0, 0.05) is 24.3 Å². The minimum atomic E-state index is -0.894. The van der Waals surface area contributed by atoms with E-state index < -0.39 is 11.9 Å². The van der Waals surface area contributed by atoms with Crippen LogP contribution in [0.4, 0.5) is 0 Å². The van der Waals surface area contributed by atoms with Crippen LogP contribution in [0.2, 0.25) is 0 Å². The van der Waals surface area contributed by atoms with Crippen LogP contribution >= 0.6 is 0 Å². The van der Waals surface area contributed by atoms with Crippen LogP contribution in [0.5, 0.6) is 0 Å². The van der Waals surface area contributed by atoms with Crippen LogP contribution in [0.3, 0.4) is 0 Å². The van der Waals surface area contributed by atoms with E-state index in [1.54, 1.807) is 6.92 Å². The maximum Gasteiger partial charge on any atom is 0.306 e. The molecule has 162 valence electrons. The third-order valence-electron chi connectivity index (χ3n) is 6.11. The van der Waals surface area contributed by atoms with Crippen LogP contribution in [0, 0.1) is 17.3 Å². The first-order valence-electron chi connectivity index (χ1n) is 11.0. The molecule has 0 aromatic carbocycles. The van der Waals surface area contributed by atoms with Gasteiger partial charge in [0.25, 0.3) is 0 Å². The Bertz CT molecular complexity index is 722. The lowest BCUT2D eigenvalue weighted by molar-refractivity contribution is -0.145. The van der Waals surface area contributed by atoms with Gasteiger partial charge in [-0.3, -0.25) is 9.59 Å². The standard InChI is InChI=1S/C23H35NO5/c1-5-28-19(25)9-8-16(22(26)27)12-18-20(15-6-7-15)21(29-24-18)17-10-14(11-17)13-23(2,3)4/h14-17H,5-13H2,1-4H3,(H,26,27)/t14-,16-,17+/m0/s1. The van der Waals surface area contributed by atoms with Gasteiger partial charge in [0.05, 0.1) is 18.2 Å². The summed E-state index contributed by atoms with van der Waals surface area (Å²) >= 11 is 0. The first-order chi connectivity index (χ1) is 13.7. The number of nitrogens with zero attached hydrogens (tertiary/aromatic N) is 1. The van der Waals surface area contributed by atoms with Gasteiger partial charge >= 0.3 is 11.9 Å². The number of carbonyl (C=O) groups is 2. The Hall–Kier alpha value is -1.85. The highest BCUT2D eigenvalue weighted by Crippen LogP contribution is 2.52. The van der Waals surface area contributed by atoms with E-state index in [0.29, 0.717) is 30.3 Å². The first-order valence-corrected chi connectivity index (χ1v) is 11.0. The van der Waals surface area contributed by atoms with Crippen LogP contribution in [0.25, 0.3) is 0 Å². The van der Waals surface area contributed by atoms with Gasteiger partial charge in [-0.05, 0) is 62.7 Å². The van der Waals surface area contributed by atoms with Crippen LogP contribution < -0.4 is 0 Å². The number of aromatic nitrogens is 1. The third kappa shape index (κ3) is 5.83. The van der Waals surface area contributed by atoms with Crippen molar-refractivity contribution in [1.29, 1.82) is 0 Å². The highest BCUT2D eigenvalue weighted by molar-refractivity contribution is 5.73. The number of aliphatic carboxylic acids is 1. The van der Waals surface area contributed by atoms with Gasteiger partial charge in [0.1, 0.15) is 5.76 Å². The summed E-state index contributed by atoms with van der Waals surface area (Å²) in [5, 5.41) is 13.9. The number of carboxylic acid groups (broad SMARTS) is 1. The summed E-state index contributed by atoms with van der Waals surface area (Å²) in [5.41, 5.74) is 2.31. The number of ether oxygens (including phenoxy) is 1. The van der Waals surface area contributed by atoms with Gasteiger partial charge in [-0.1, -0.05) is 25.9 Å². The Morgan fingerprint density at radius 2 is 1.93 bits per heavy atom. The van der Waals surface area contributed by atoms with Crippen LogP contribution in [0.15, 0.2) is 4.52 Å². The molecule has 0 spiro atoms. The van der Waals surface area contributed by atoms with E-state index in [2.05, 4.69) is 25.9 Å². The Labute approximate surface area is 173 Å². The van der Waals surface area contributed by atoms with E-state index in [1.165, 1.54) is 12.0 Å². The molecule has 0 radical (unpaired) electrons. The lowest BCUT2D eigenvalue weighted by Gasteiger charge is -2.38. The molecule has 0 saturated heterocycles. The summed E-state index contributed by atoms with van der Waals surface area (Å²) in [4.78, 5) is 23.4. The maximum absolute atomic E-state index is 11.7. The highest BCUT2D eigenvalue weighted by Gasteiger charge is 2.41. The van der Waals surface area contributed by atoms with Crippen LogP contribution in [0.1, 0.15) is 101 Å². The highest BCUT2D eigenvalue weighted by atomic mass is 16.5. The van der Waals surface area contributed by atoms with Gasteiger partial charge in [0.15, 0.2) is 0 Å². The molecule has 2 saturated carbocycles. The molecular weight excluding hydrogens is 370 g/mol. The van der Waals surface area contributed by atoms with E-state index in [-0.39, 0.29) is 18.8 Å². The normalized spacial score (nSPS) is 22.8. The van der Waals surface area contributed by atoms with E-state index in [1.807, 2.05) is 0 Å². The zero-order valence-corrected chi connectivity index (χ0v) is 18.2. The smallest absolute Gasteiger partial charge is 0.306 e. The molecule has 2 fully saturated rings. The summed E-state index contributed by atoms with van der Waals surface area (Å²) in [6.45, 7) is 8.91. The van der Waals surface area contributed by atoms with E-state index in [4.69, 9.17) is 9.26 Å². The van der Waals surface area contributed by atoms with Crippen molar-refractivity contribution in [3.8, 4) is 0 Å². The van der Waals surface area contributed by atoms with Crippen LogP contribution in [-0.2, 0) is 20.7 Å². The monoisotopic (exact) mass is 405 g/mol. The Kier molecular flexibility index (Phi) is 6.69. The second-order valence-corrected chi connectivity index (χ2v) is 10.1. The molecule has 1 heterocycles. The maximum atomic E-state index is 11.7. The molecule has 2 aliphatic carbocycles. The Morgan fingerprint density at radius 1 is 1.24 bits per heavy atom. The van der Waals surface area contributed by atoms with Crippen molar-refractivity contribution in [1.82, 2.24) is 5.16 Å². The van der Waals surface area contributed by atoms with Crippen molar-refractivity contribution in [2.45, 2.75) is 90.9 Å². The molecule has 0 unspecified atom stereocenters. The van der Waals surface area contributed by atoms with Crippen LogP contribution in [-0.4, -0.2) is 28.8 Å². The largest absolute Gasteiger partial charge is 0.481 e. The van der Waals surface area contributed by atoms with Crippen molar-refractivity contribution in [2.24, 2.45) is 17.3 Å². The van der Waals surface area contributed by atoms with E-state index >= 15 is 0 Å². The number of rotatable bonds is 10. The molecule has 1 atom stereocenters. The van der Waals surface area contributed by atoms with E-state index in [0.717, 1.165) is 43.1 Å². The summed E-state index contributed by atoms with van der Waals surface area (Å²) in [5.74, 6) is 0.731. The second-order valence-electron chi connectivity index (χ2n) is 10.1. The predicted molar refractivity (Wildman–Crippen MR) is 109 cm³/mol. The quantitative estimate of drug-likeness (QED) is 0.547. The average molecular weight is 406 g/mol. The van der Waals surface area contributed by atoms with Gasteiger partial charge in [-0.2, -0.15) is 0 Å². The second kappa shape index (κ2) is 8.88. The van der Waals surface area contributed by atoms with Gasteiger partial charge in [-0.15, -0.1) is 0 Å². The minimum Gasteiger partial charge on any atom is -0.481 e. The Morgan fingerprint density at radius 3 is 2.48 bits per heavy atom. The third-order valence-corrected chi connectivity index (χ3v) is 6.11. The van der Waals surface area contributed by atoms with Crippen molar-refractivity contribution < 1.29 is 24.0 Å². The van der Waals surface area contributed by atoms with Crippen molar-refractivity contribution in [3.63, 3.8) is 0 Å². The van der Waals surface area contributed by atoms with Crippen molar-refractivity contribution in [2.75, 3.05) is 6.61 Å². The number of carboxylic acids is 1. The van der Waals surface area contributed by atoms with Crippen molar-refractivity contribution in [3.05, 3.63) is 17.0 Å². The lowest BCUT2D eigenvalue weighted by atomic mass is 9.67. The number of hydrogen-bond donors (Lipinski definition) is 1. The molecule has 29 heavy (non-hydrogen) atoms. The molecule has 1 aromatic rings. The summed E-state index contributed by atoms with van der Waals surface area (Å²) < 4.78 is 10.7. The molecule has 3 rings (SSSR count). The number of esters is 1. The molecule has 0 aliphatic heterocycles.